The van der Waals surface area contributed by atoms with Crippen LogP contribution in [0.4, 0.5) is 0 Å². The van der Waals surface area contributed by atoms with Gasteiger partial charge < -0.3 is 9.64 Å². The molecule has 3 rings (SSSR count). The third-order valence-corrected chi connectivity index (χ3v) is 4.82. The molecule has 2 aliphatic rings. The number of rotatable bonds is 4. The SMILES string of the molecule is C[C@H](C(=O)N1CCCC[C@H]1Cn1cccn1)N1CCOCC1. The smallest absolute Gasteiger partial charge is 0.239 e. The third-order valence-electron chi connectivity index (χ3n) is 4.82. The molecule has 1 aromatic heterocycles. The Morgan fingerprint density at radius 1 is 1.32 bits per heavy atom. The number of hydrogen-bond donors (Lipinski definition) is 0. The lowest BCUT2D eigenvalue weighted by Gasteiger charge is -2.40. The van der Waals surface area contributed by atoms with Crippen LogP contribution in [0.15, 0.2) is 18.5 Å². The molecule has 0 unspecified atom stereocenters. The summed E-state index contributed by atoms with van der Waals surface area (Å²) in [4.78, 5) is 17.3. The fourth-order valence-electron chi connectivity index (χ4n) is 3.47. The quantitative estimate of drug-likeness (QED) is 0.832. The van der Waals surface area contributed by atoms with E-state index in [1.54, 1.807) is 6.20 Å². The van der Waals surface area contributed by atoms with E-state index in [1.807, 2.05) is 23.9 Å². The zero-order valence-electron chi connectivity index (χ0n) is 13.4. The van der Waals surface area contributed by atoms with Crippen molar-refractivity contribution >= 4 is 5.91 Å². The van der Waals surface area contributed by atoms with Crippen molar-refractivity contribution in [2.24, 2.45) is 0 Å². The first-order chi connectivity index (χ1) is 10.8. The maximum absolute atomic E-state index is 13.0. The summed E-state index contributed by atoms with van der Waals surface area (Å²) in [6.45, 7) is 6.87. The lowest BCUT2D eigenvalue weighted by molar-refractivity contribution is -0.142. The molecule has 2 atom stereocenters. The van der Waals surface area contributed by atoms with Crippen LogP contribution in [0.25, 0.3) is 0 Å². The predicted molar refractivity (Wildman–Crippen MR) is 83.4 cm³/mol. The minimum Gasteiger partial charge on any atom is -0.379 e. The van der Waals surface area contributed by atoms with Gasteiger partial charge in [0.1, 0.15) is 0 Å². The van der Waals surface area contributed by atoms with Gasteiger partial charge in [0.2, 0.25) is 5.91 Å². The van der Waals surface area contributed by atoms with Crippen molar-refractivity contribution in [2.45, 2.75) is 44.8 Å². The summed E-state index contributed by atoms with van der Waals surface area (Å²) in [5, 5.41) is 4.29. The Balaban J connectivity index is 1.65. The highest BCUT2D eigenvalue weighted by Gasteiger charge is 2.32. The van der Waals surface area contributed by atoms with E-state index in [1.165, 1.54) is 6.42 Å². The maximum Gasteiger partial charge on any atom is 0.239 e. The van der Waals surface area contributed by atoms with Crippen LogP contribution in [0.3, 0.4) is 0 Å². The van der Waals surface area contributed by atoms with Gasteiger partial charge in [0.15, 0.2) is 0 Å². The number of nitrogens with zero attached hydrogens (tertiary/aromatic N) is 4. The van der Waals surface area contributed by atoms with E-state index >= 15 is 0 Å². The molecular weight excluding hydrogens is 280 g/mol. The molecule has 122 valence electrons. The maximum atomic E-state index is 13.0. The van der Waals surface area contributed by atoms with Gasteiger partial charge in [-0.3, -0.25) is 14.4 Å². The Hall–Kier alpha value is -1.40. The van der Waals surface area contributed by atoms with Gasteiger partial charge in [-0.2, -0.15) is 5.10 Å². The van der Waals surface area contributed by atoms with E-state index < -0.39 is 0 Å². The Kier molecular flexibility index (Phi) is 5.10. The third kappa shape index (κ3) is 3.50. The van der Waals surface area contributed by atoms with Gasteiger partial charge in [0, 0.05) is 32.0 Å². The summed E-state index contributed by atoms with van der Waals surface area (Å²) in [5.74, 6) is 0.263. The molecule has 1 aromatic rings. The number of ether oxygens (including phenoxy) is 1. The molecular formula is C16H26N4O2. The van der Waals surface area contributed by atoms with E-state index in [0.717, 1.165) is 52.2 Å². The summed E-state index contributed by atoms with van der Waals surface area (Å²) in [7, 11) is 0. The number of aromatic nitrogens is 2. The van der Waals surface area contributed by atoms with Crippen molar-refractivity contribution in [1.29, 1.82) is 0 Å². The molecule has 1 amide bonds. The van der Waals surface area contributed by atoms with Crippen molar-refractivity contribution in [3.8, 4) is 0 Å². The molecule has 0 saturated carbocycles. The summed E-state index contributed by atoms with van der Waals surface area (Å²) < 4.78 is 7.33. The Bertz CT molecular complexity index is 471. The number of carbonyl (C=O) groups is 1. The van der Waals surface area contributed by atoms with Crippen LogP contribution in [0.1, 0.15) is 26.2 Å². The molecule has 6 heteroatoms. The summed E-state index contributed by atoms with van der Waals surface area (Å²) in [6, 6.07) is 2.15. The number of amides is 1. The minimum atomic E-state index is -0.0536. The van der Waals surface area contributed by atoms with Gasteiger partial charge in [-0.1, -0.05) is 0 Å². The first kappa shape index (κ1) is 15.5. The normalized spacial score (nSPS) is 25.1. The topological polar surface area (TPSA) is 50.6 Å². The van der Waals surface area contributed by atoms with Crippen molar-refractivity contribution in [3.05, 3.63) is 18.5 Å². The van der Waals surface area contributed by atoms with Gasteiger partial charge in [-0.05, 0) is 32.3 Å². The molecule has 22 heavy (non-hydrogen) atoms. The number of piperidine rings is 1. The monoisotopic (exact) mass is 306 g/mol. The highest BCUT2D eigenvalue weighted by molar-refractivity contribution is 5.82. The van der Waals surface area contributed by atoms with E-state index in [2.05, 4.69) is 14.9 Å². The lowest BCUT2D eigenvalue weighted by Crippen LogP contribution is -2.55. The Labute approximate surface area is 132 Å². The average Bonchev–Trinajstić information content (AvgIpc) is 3.08. The molecule has 0 spiro atoms. The lowest BCUT2D eigenvalue weighted by atomic mass is 10.0. The van der Waals surface area contributed by atoms with E-state index in [0.29, 0.717) is 0 Å². The van der Waals surface area contributed by atoms with Crippen LogP contribution in [0.2, 0.25) is 0 Å². The second-order valence-electron chi connectivity index (χ2n) is 6.23. The van der Waals surface area contributed by atoms with Crippen molar-refractivity contribution in [3.63, 3.8) is 0 Å². The second kappa shape index (κ2) is 7.24. The zero-order chi connectivity index (χ0) is 15.4. The number of likely N-dealkylation sites (tertiary alicyclic amines) is 1. The van der Waals surface area contributed by atoms with Gasteiger partial charge in [-0.25, -0.2) is 0 Å². The molecule has 2 saturated heterocycles. The van der Waals surface area contributed by atoms with E-state index in [9.17, 15) is 4.79 Å². The van der Waals surface area contributed by atoms with Crippen molar-refractivity contribution < 1.29 is 9.53 Å². The fraction of sp³-hybridized carbons (Fsp3) is 0.750. The van der Waals surface area contributed by atoms with Crippen LogP contribution in [-0.2, 0) is 16.1 Å². The number of morpholine rings is 1. The van der Waals surface area contributed by atoms with E-state index in [-0.39, 0.29) is 18.0 Å². The highest BCUT2D eigenvalue weighted by Crippen LogP contribution is 2.21. The Morgan fingerprint density at radius 2 is 2.14 bits per heavy atom. The molecule has 3 heterocycles. The summed E-state index contributed by atoms with van der Waals surface area (Å²) in [5.41, 5.74) is 0. The molecule has 0 N–H and O–H groups in total. The van der Waals surface area contributed by atoms with Crippen molar-refractivity contribution in [2.75, 3.05) is 32.8 Å². The summed E-state index contributed by atoms with van der Waals surface area (Å²) in [6.07, 6.45) is 7.15. The van der Waals surface area contributed by atoms with Crippen LogP contribution >= 0.6 is 0 Å². The van der Waals surface area contributed by atoms with Gasteiger partial charge >= 0.3 is 0 Å². The number of hydrogen-bond acceptors (Lipinski definition) is 4. The zero-order valence-corrected chi connectivity index (χ0v) is 13.4. The molecule has 0 aliphatic carbocycles. The highest BCUT2D eigenvalue weighted by atomic mass is 16.5. The molecule has 2 aliphatic heterocycles. The van der Waals surface area contributed by atoms with Crippen LogP contribution in [0.5, 0.6) is 0 Å². The standard InChI is InChI=1S/C16H26N4O2/c1-14(18-9-11-22-12-10-18)16(21)20-8-3-2-5-15(20)13-19-7-4-6-17-19/h4,6-7,14-15H,2-3,5,8-13H2,1H3/t14-,15+/m1/s1. The second-order valence-corrected chi connectivity index (χ2v) is 6.23. The Morgan fingerprint density at radius 3 is 2.86 bits per heavy atom. The van der Waals surface area contributed by atoms with Gasteiger partial charge in [-0.15, -0.1) is 0 Å². The molecule has 0 bridgehead atoms. The molecule has 6 nitrogen and oxygen atoms in total. The minimum absolute atomic E-state index is 0.0536. The van der Waals surface area contributed by atoms with Crippen molar-refractivity contribution in [1.82, 2.24) is 19.6 Å². The first-order valence-electron chi connectivity index (χ1n) is 8.35. The van der Waals surface area contributed by atoms with Crippen LogP contribution in [-0.4, -0.2) is 70.4 Å². The first-order valence-corrected chi connectivity index (χ1v) is 8.35. The predicted octanol–water partition coefficient (Wildman–Crippen LogP) is 0.985. The summed E-state index contributed by atoms with van der Waals surface area (Å²) >= 11 is 0. The van der Waals surface area contributed by atoms with Crippen LogP contribution < -0.4 is 0 Å². The van der Waals surface area contributed by atoms with E-state index in [4.69, 9.17) is 4.74 Å². The average molecular weight is 306 g/mol. The number of carbonyl (C=O) groups excluding carboxylic acids is 1. The van der Waals surface area contributed by atoms with Crippen LogP contribution in [0, 0.1) is 0 Å². The molecule has 0 aromatic carbocycles. The van der Waals surface area contributed by atoms with Gasteiger partial charge in [0.25, 0.3) is 0 Å². The molecule has 2 fully saturated rings. The fourth-order valence-corrected chi connectivity index (χ4v) is 3.47. The molecule has 0 radical (unpaired) electrons. The largest absolute Gasteiger partial charge is 0.379 e. The van der Waals surface area contributed by atoms with Gasteiger partial charge in [0.05, 0.1) is 31.8 Å².